The van der Waals surface area contributed by atoms with Gasteiger partial charge in [0.15, 0.2) is 6.54 Å². The van der Waals surface area contributed by atoms with Crippen molar-refractivity contribution >= 4 is 27.5 Å². The summed E-state index contributed by atoms with van der Waals surface area (Å²) in [6.07, 6.45) is 4.41. The van der Waals surface area contributed by atoms with Crippen molar-refractivity contribution in [2.75, 3.05) is 18.4 Å². The van der Waals surface area contributed by atoms with E-state index in [4.69, 9.17) is 0 Å². The van der Waals surface area contributed by atoms with Gasteiger partial charge in [0.25, 0.3) is 5.91 Å². The first-order valence-electron chi connectivity index (χ1n) is 8.06. The molecule has 2 N–H and O–H groups in total. The van der Waals surface area contributed by atoms with Crippen molar-refractivity contribution < 1.29 is 9.69 Å². The molecule has 122 valence electrons. The number of benzene rings is 1. The highest BCUT2D eigenvalue weighted by atomic mass is 79.9. The monoisotopic (exact) mass is 376 g/mol. The van der Waals surface area contributed by atoms with Gasteiger partial charge >= 0.3 is 0 Å². The molecule has 2 atom stereocenters. The molecule has 0 aliphatic carbocycles. The fourth-order valence-electron chi connectivity index (χ4n) is 3.45. The van der Waals surface area contributed by atoms with Crippen molar-refractivity contribution in [3.05, 3.63) is 52.3 Å². The summed E-state index contributed by atoms with van der Waals surface area (Å²) in [6, 6.07) is 10.6. The lowest BCUT2D eigenvalue weighted by Crippen LogP contribution is -3.11. The van der Waals surface area contributed by atoms with Gasteiger partial charge in [-0.3, -0.25) is 4.79 Å². The summed E-state index contributed by atoms with van der Waals surface area (Å²) in [7, 11) is 2.08. The summed E-state index contributed by atoms with van der Waals surface area (Å²) in [5, 5.41) is 3.03. The van der Waals surface area contributed by atoms with Crippen LogP contribution >= 0.6 is 15.9 Å². The van der Waals surface area contributed by atoms with E-state index in [1.165, 1.54) is 17.0 Å². The van der Waals surface area contributed by atoms with Crippen molar-refractivity contribution in [1.82, 2.24) is 4.57 Å². The van der Waals surface area contributed by atoms with Crippen LogP contribution in [0.1, 0.15) is 30.1 Å². The molecule has 1 fully saturated rings. The first kappa shape index (κ1) is 16.3. The average Bonchev–Trinajstić information content (AvgIpc) is 3.11. The number of carbonyl (C=O) groups is 1. The first-order chi connectivity index (χ1) is 11.0. The van der Waals surface area contributed by atoms with Crippen LogP contribution in [0, 0.1) is 6.92 Å². The van der Waals surface area contributed by atoms with E-state index >= 15 is 0 Å². The Bertz CT molecular complexity index is 710. The molecule has 3 rings (SSSR count). The van der Waals surface area contributed by atoms with Gasteiger partial charge in [0.05, 0.1) is 12.2 Å². The summed E-state index contributed by atoms with van der Waals surface area (Å²) in [6.45, 7) is 3.60. The molecule has 1 aliphatic heterocycles. The molecular weight excluding hydrogens is 354 g/mol. The van der Waals surface area contributed by atoms with Gasteiger partial charge < -0.3 is 14.8 Å². The molecular formula is C18H23BrN3O+. The molecule has 1 aliphatic rings. The third kappa shape index (κ3) is 3.67. The molecule has 0 bridgehead atoms. The number of halogens is 1. The Morgan fingerprint density at radius 3 is 2.96 bits per heavy atom. The van der Waals surface area contributed by atoms with Crippen LogP contribution in [0.25, 0.3) is 0 Å². The average molecular weight is 377 g/mol. The van der Waals surface area contributed by atoms with Crippen LogP contribution in [0.5, 0.6) is 0 Å². The number of aromatic nitrogens is 1. The van der Waals surface area contributed by atoms with Gasteiger partial charge in [-0.25, -0.2) is 0 Å². The lowest BCUT2D eigenvalue weighted by Gasteiger charge is -2.21. The van der Waals surface area contributed by atoms with Crippen molar-refractivity contribution in [2.45, 2.75) is 25.8 Å². The van der Waals surface area contributed by atoms with Gasteiger partial charge in [0.1, 0.15) is 6.04 Å². The Kier molecular flexibility index (Phi) is 4.87. The van der Waals surface area contributed by atoms with E-state index in [-0.39, 0.29) is 5.91 Å². The number of anilines is 1. The van der Waals surface area contributed by atoms with Crippen LogP contribution in [0.3, 0.4) is 0 Å². The highest BCUT2D eigenvalue weighted by Gasteiger charge is 2.32. The molecule has 23 heavy (non-hydrogen) atoms. The van der Waals surface area contributed by atoms with E-state index in [1.54, 1.807) is 0 Å². The smallest absolute Gasteiger partial charge is 0.279 e. The topological polar surface area (TPSA) is 38.5 Å². The normalized spacial score (nSPS) is 20.7. The van der Waals surface area contributed by atoms with E-state index in [2.05, 4.69) is 51.2 Å². The molecule has 4 nitrogen and oxygen atoms in total. The Labute approximate surface area is 145 Å². The summed E-state index contributed by atoms with van der Waals surface area (Å²) >= 11 is 3.48. The third-order valence-corrected chi connectivity index (χ3v) is 5.54. The van der Waals surface area contributed by atoms with E-state index in [0.717, 1.165) is 28.7 Å². The quantitative estimate of drug-likeness (QED) is 0.844. The molecule has 1 unspecified atom stereocenters. The standard InChI is InChI=1S/C18H22BrN3O/c1-13-11-14(7-8-15(13)19)20-18(23)12-22-10-4-6-17(22)16-5-3-9-21(16)2/h3,5,7-9,11,17H,4,6,10,12H2,1-2H3,(H,20,23)/p+1/t17-/m0/s1. The lowest BCUT2D eigenvalue weighted by molar-refractivity contribution is -0.910. The second-order valence-corrected chi connectivity index (χ2v) is 7.19. The van der Waals surface area contributed by atoms with E-state index in [0.29, 0.717) is 12.6 Å². The van der Waals surface area contributed by atoms with Crippen LogP contribution in [-0.2, 0) is 11.8 Å². The second kappa shape index (κ2) is 6.89. The number of carbonyl (C=O) groups excluding carboxylic acids is 1. The molecule has 0 saturated carbocycles. The first-order valence-corrected chi connectivity index (χ1v) is 8.85. The molecule has 0 radical (unpaired) electrons. The zero-order chi connectivity index (χ0) is 16.4. The predicted octanol–water partition coefficient (Wildman–Crippen LogP) is 2.45. The van der Waals surface area contributed by atoms with Crippen molar-refractivity contribution in [2.24, 2.45) is 7.05 Å². The van der Waals surface area contributed by atoms with Gasteiger partial charge in [-0.1, -0.05) is 15.9 Å². The van der Waals surface area contributed by atoms with Gasteiger partial charge in [-0.2, -0.15) is 0 Å². The van der Waals surface area contributed by atoms with Crippen LogP contribution in [0.15, 0.2) is 41.0 Å². The van der Waals surface area contributed by atoms with E-state index in [9.17, 15) is 4.79 Å². The fraction of sp³-hybridized carbons (Fsp3) is 0.389. The highest BCUT2D eigenvalue weighted by Crippen LogP contribution is 2.20. The summed E-state index contributed by atoms with van der Waals surface area (Å²) < 4.78 is 3.23. The summed E-state index contributed by atoms with van der Waals surface area (Å²) in [5.74, 6) is 0.0860. The number of aryl methyl sites for hydroxylation is 2. The van der Waals surface area contributed by atoms with Crippen LogP contribution in [0.2, 0.25) is 0 Å². The molecule has 2 aromatic rings. The number of amides is 1. The summed E-state index contributed by atoms with van der Waals surface area (Å²) in [5.41, 5.74) is 3.31. The zero-order valence-corrected chi connectivity index (χ0v) is 15.2. The number of hydrogen-bond acceptors (Lipinski definition) is 1. The SMILES string of the molecule is Cc1cc(NC(=O)C[NH+]2CCC[C@H]2c2cccn2C)ccc1Br. The number of rotatable bonds is 4. The molecule has 0 spiro atoms. The Balaban J connectivity index is 1.65. The maximum Gasteiger partial charge on any atom is 0.279 e. The Morgan fingerprint density at radius 2 is 2.26 bits per heavy atom. The molecule has 1 aromatic carbocycles. The Morgan fingerprint density at radius 1 is 1.43 bits per heavy atom. The number of nitrogens with zero attached hydrogens (tertiary/aromatic N) is 1. The minimum atomic E-state index is 0.0860. The predicted molar refractivity (Wildman–Crippen MR) is 95.6 cm³/mol. The number of nitrogens with one attached hydrogen (secondary N) is 2. The number of quaternary nitrogens is 1. The number of likely N-dealkylation sites (tertiary alicyclic amines) is 1. The second-order valence-electron chi connectivity index (χ2n) is 6.34. The van der Waals surface area contributed by atoms with E-state index < -0.39 is 0 Å². The largest absolute Gasteiger partial charge is 0.350 e. The van der Waals surface area contributed by atoms with Crippen molar-refractivity contribution in [1.29, 1.82) is 0 Å². The van der Waals surface area contributed by atoms with Gasteiger partial charge in [-0.15, -0.1) is 0 Å². The molecule has 1 saturated heterocycles. The minimum Gasteiger partial charge on any atom is -0.350 e. The zero-order valence-electron chi connectivity index (χ0n) is 13.6. The maximum absolute atomic E-state index is 12.4. The van der Waals surface area contributed by atoms with Crippen LogP contribution in [-0.4, -0.2) is 23.6 Å². The van der Waals surface area contributed by atoms with Gasteiger partial charge in [-0.05, 0) is 42.8 Å². The van der Waals surface area contributed by atoms with Gasteiger partial charge in [0.2, 0.25) is 0 Å². The minimum absolute atomic E-state index is 0.0860. The van der Waals surface area contributed by atoms with Crippen LogP contribution in [0.4, 0.5) is 5.69 Å². The molecule has 2 heterocycles. The third-order valence-electron chi connectivity index (χ3n) is 4.65. The molecule has 1 aromatic heterocycles. The van der Waals surface area contributed by atoms with E-state index in [1.807, 2.05) is 25.1 Å². The van der Waals surface area contributed by atoms with Crippen molar-refractivity contribution in [3.63, 3.8) is 0 Å². The molecule has 1 amide bonds. The number of hydrogen-bond donors (Lipinski definition) is 2. The van der Waals surface area contributed by atoms with Crippen LogP contribution < -0.4 is 10.2 Å². The lowest BCUT2D eigenvalue weighted by atomic mass is 10.1. The van der Waals surface area contributed by atoms with Crippen molar-refractivity contribution in [3.8, 4) is 0 Å². The molecule has 5 heteroatoms. The summed E-state index contributed by atoms with van der Waals surface area (Å²) in [4.78, 5) is 13.8. The fourth-order valence-corrected chi connectivity index (χ4v) is 3.70. The van der Waals surface area contributed by atoms with Gasteiger partial charge in [0, 0.05) is 36.2 Å². The Hall–Kier alpha value is -1.59. The highest BCUT2D eigenvalue weighted by molar-refractivity contribution is 9.10. The maximum atomic E-state index is 12.4.